The molecule has 1 unspecified atom stereocenters. The smallest absolute Gasteiger partial charge is 0.326 e. The molecular weight excluding hydrogens is 130 g/mol. The van der Waals surface area contributed by atoms with E-state index in [2.05, 4.69) is 0 Å². The Kier molecular flexibility index (Phi) is 1.66. The Labute approximate surface area is 59.9 Å². The second-order valence-electron chi connectivity index (χ2n) is 2.70. The normalized spacial score (nSPS) is 24.8. The van der Waals surface area contributed by atoms with Gasteiger partial charge in [-0.2, -0.15) is 0 Å². The zero-order chi connectivity index (χ0) is 7.72. The molecule has 1 aliphatic rings. The second-order valence-corrected chi connectivity index (χ2v) is 2.70. The predicted octanol–water partition coefficient (Wildman–Crippen LogP) is 0.679. The van der Waals surface area contributed by atoms with Crippen molar-refractivity contribution in [3.05, 3.63) is 11.8 Å². The molecule has 0 spiro atoms. The van der Waals surface area contributed by atoms with Gasteiger partial charge in [-0.15, -0.1) is 0 Å². The van der Waals surface area contributed by atoms with Crippen LogP contribution in [0, 0.1) is 0 Å². The molecule has 0 aromatic heterocycles. The van der Waals surface area contributed by atoms with Crippen molar-refractivity contribution in [3.8, 4) is 0 Å². The van der Waals surface area contributed by atoms with Gasteiger partial charge in [0.1, 0.15) is 6.04 Å². The zero-order valence-corrected chi connectivity index (χ0v) is 6.16. The number of carboxylic acid groups (broad SMARTS) is 1. The lowest BCUT2D eigenvalue weighted by atomic mass is 10.1. The lowest BCUT2D eigenvalue weighted by Gasteiger charge is -2.14. The number of hydrogen-bond acceptors (Lipinski definition) is 2. The van der Waals surface area contributed by atoms with Crippen LogP contribution in [0.15, 0.2) is 11.8 Å². The van der Waals surface area contributed by atoms with Crippen LogP contribution in [0.2, 0.25) is 0 Å². The van der Waals surface area contributed by atoms with Crippen molar-refractivity contribution in [2.75, 3.05) is 7.05 Å². The highest BCUT2D eigenvalue weighted by molar-refractivity contribution is 5.74. The summed E-state index contributed by atoms with van der Waals surface area (Å²) in [6.07, 6.45) is 2.53. The van der Waals surface area contributed by atoms with Crippen LogP contribution in [0.4, 0.5) is 0 Å². The largest absolute Gasteiger partial charge is 0.480 e. The summed E-state index contributed by atoms with van der Waals surface area (Å²) in [7, 11) is 1.79. The molecule has 0 saturated carbocycles. The first kappa shape index (κ1) is 7.12. The van der Waals surface area contributed by atoms with Crippen LogP contribution in [0.1, 0.15) is 13.3 Å². The van der Waals surface area contributed by atoms with Gasteiger partial charge >= 0.3 is 5.97 Å². The Morgan fingerprint density at radius 2 is 2.50 bits per heavy atom. The first-order valence-electron chi connectivity index (χ1n) is 3.23. The van der Waals surface area contributed by atoms with E-state index in [0.29, 0.717) is 6.42 Å². The van der Waals surface area contributed by atoms with Crippen molar-refractivity contribution in [2.45, 2.75) is 19.4 Å². The standard InChI is InChI=1S/C7H11NO2/c1-5-3-6(7(9)10)8(2)4-5/h4,6H,3H2,1-2H3,(H,9,10). The maximum atomic E-state index is 10.5. The van der Waals surface area contributed by atoms with Crippen LogP contribution in [-0.2, 0) is 4.79 Å². The highest BCUT2D eigenvalue weighted by Crippen LogP contribution is 2.18. The molecule has 0 aliphatic carbocycles. The average Bonchev–Trinajstić information content (AvgIpc) is 2.10. The molecule has 10 heavy (non-hydrogen) atoms. The van der Waals surface area contributed by atoms with E-state index in [0.717, 1.165) is 5.57 Å². The summed E-state index contributed by atoms with van der Waals surface area (Å²) >= 11 is 0. The summed E-state index contributed by atoms with van der Waals surface area (Å²) in [6, 6.07) is -0.333. The molecule has 1 heterocycles. The number of carboxylic acids is 1. The van der Waals surface area contributed by atoms with Gasteiger partial charge in [0.25, 0.3) is 0 Å². The quantitative estimate of drug-likeness (QED) is 0.583. The lowest BCUT2D eigenvalue weighted by molar-refractivity contribution is -0.141. The molecule has 0 fully saturated rings. The van der Waals surface area contributed by atoms with Gasteiger partial charge in [-0.1, -0.05) is 5.57 Å². The van der Waals surface area contributed by atoms with Gasteiger partial charge in [0.15, 0.2) is 0 Å². The molecule has 0 radical (unpaired) electrons. The fourth-order valence-corrected chi connectivity index (χ4v) is 1.20. The van der Waals surface area contributed by atoms with E-state index in [1.165, 1.54) is 0 Å². The van der Waals surface area contributed by atoms with Gasteiger partial charge in [0, 0.05) is 13.5 Å². The van der Waals surface area contributed by atoms with E-state index in [1.807, 2.05) is 13.1 Å². The molecule has 3 nitrogen and oxygen atoms in total. The molecule has 1 atom stereocenters. The van der Waals surface area contributed by atoms with Crippen LogP contribution >= 0.6 is 0 Å². The van der Waals surface area contributed by atoms with Crippen molar-refractivity contribution < 1.29 is 9.90 Å². The Morgan fingerprint density at radius 1 is 1.90 bits per heavy atom. The number of likely N-dealkylation sites (N-methyl/N-ethyl adjacent to an activating group) is 1. The van der Waals surface area contributed by atoms with Crippen LogP contribution < -0.4 is 0 Å². The van der Waals surface area contributed by atoms with Crippen molar-refractivity contribution in [2.24, 2.45) is 0 Å². The van der Waals surface area contributed by atoms with E-state index >= 15 is 0 Å². The van der Waals surface area contributed by atoms with E-state index < -0.39 is 5.97 Å². The summed E-state index contributed by atoms with van der Waals surface area (Å²) in [5.41, 5.74) is 1.13. The molecule has 1 N–H and O–H groups in total. The number of aliphatic carboxylic acids is 1. The summed E-state index contributed by atoms with van der Waals surface area (Å²) in [5, 5.41) is 8.63. The number of carbonyl (C=O) groups is 1. The zero-order valence-electron chi connectivity index (χ0n) is 6.16. The van der Waals surface area contributed by atoms with E-state index in [1.54, 1.807) is 11.9 Å². The minimum Gasteiger partial charge on any atom is -0.480 e. The van der Waals surface area contributed by atoms with Gasteiger partial charge in [-0.25, -0.2) is 4.79 Å². The predicted molar refractivity (Wildman–Crippen MR) is 37.6 cm³/mol. The first-order chi connectivity index (χ1) is 4.61. The van der Waals surface area contributed by atoms with Gasteiger partial charge < -0.3 is 10.0 Å². The van der Waals surface area contributed by atoms with Crippen molar-refractivity contribution >= 4 is 5.97 Å². The van der Waals surface area contributed by atoms with Crippen LogP contribution in [0.25, 0.3) is 0 Å². The molecule has 0 saturated heterocycles. The summed E-state index contributed by atoms with van der Waals surface area (Å²) in [4.78, 5) is 12.2. The summed E-state index contributed by atoms with van der Waals surface area (Å²) < 4.78 is 0. The maximum Gasteiger partial charge on any atom is 0.326 e. The Morgan fingerprint density at radius 3 is 2.70 bits per heavy atom. The highest BCUT2D eigenvalue weighted by Gasteiger charge is 2.25. The fourth-order valence-electron chi connectivity index (χ4n) is 1.20. The molecule has 0 aromatic carbocycles. The topological polar surface area (TPSA) is 40.5 Å². The van der Waals surface area contributed by atoms with E-state index in [9.17, 15) is 4.79 Å². The first-order valence-corrected chi connectivity index (χ1v) is 3.23. The van der Waals surface area contributed by atoms with Gasteiger partial charge in [-0.3, -0.25) is 0 Å². The van der Waals surface area contributed by atoms with Gasteiger partial charge in [0.2, 0.25) is 0 Å². The second kappa shape index (κ2) is 2.33. The third-order valence-electron chi connectivity index (χ3n) is 1.72. The van der Waals surface area contributed by atoms with Crippen LogP contribution in [-0.4, -0.2) is 29.1 Å². The molecule has 0 aromatic rings. The molecular formula is C7H11NO2. The summed E-state index contributed by atoms with van der Waals surface area (Å²) in [5.74, 6) is -0.740. The monoisotopic (exact) mass is 141 g/mol. The van der Waals surface area contributed by atoms with Crippen molar-refractivity contribution in [1.82, 2.24) is 4.90 Å². The maximum absolute atomic E-state index is 10.5. The lowest BCUT2D eigenvalue weighted by Crippen LogP contribution is -2.30. The Balaban J connectivity index is 2.63. The minimum atomic E-state index is -0.740. The van der Waals surface area contributed by atoms with Crippen LogP contribution in [0.5, 0.6) is 0 Å². The number of rotatable bonds is 1. The third kappa shape index (κ3) is 1.12. The highest BCUT2D eigenvalue weighted by atomic mass is 16.4. The third-order valence-corrected chi connectivity index (χ3v) is 1.72. The number of nitrogens with zero attached hydrogens (tertiary/aromatic N) is 1. The Hall–Kier alpha value is -0.990. The molecule has 1 rings (SSSR count). The molecule has 0 amide bonds. The van der Waals surface area contributed by atoms with Gasteiger partial charge in [0.05, 0.1) is 0 Å². The van der Waals surface area contributed by atoms with Crippen molar-refractivity contribution in [1.29, 1.82) is 0 Å². The van der Waals surface area contributed by atoms with E-state index in [4.69, 9.17) is 5.11 Å². The average molecular weight is 141 g/mol. The summed E-state index contributed by atoms with van der Waals surface area (Å²) in [6.45, 7) is 1.94. The minimum absolute atomic E-state index is 0.333. The molecule has 0 bridgehead atoms. The number of hydrogen-bond donors (Lipinski definition) is 1. The van der Waals surface area contributed by atoms with Crippen molar-refractivity contribution in [3.63, 3.8) is 0 Å². The molecule has 56 valence electrons. The van der Waals surface area contributed by atoms with E-state index in [-0.39, 0.29) is 6.04 Å². The van der Waals surface area contributed by atoms with Crippen LogP contribution in [0.3, 0.4) is 0 Å². The molecule has 3 heteroatoms. The fraction of sp³-hybridized carbons (Fsp3) is 0.571. The van der Waals surface area contributed by atoms with Gasteiger partial charge in [-0.05, 0) is 13.1 Å². The Bertz CT molecular complexity index is 186. The SMILES string of the molecule is CC1=CN(C)C(C(=O)O)C1. The molecule has 1 aliphatic heterocycles.